The smallest absolute Gasteiger partial charge is 0.306 e. The zero-order chi connectivity index (χ0) is 13.3. The molecule has 1 atom stereocenters. The van der Waals surface area contributed by atoms with E-state index >= 15 is 0 Å². The number of carboxylic acids is 1. The van der Waals surface area contributed by atoms with Crippen molar-refractivity contribution in [2.75, 3.05) is 13.1 Å². The zero-order valence-electron chi connectivity index (χ0n) is 10.7. The van der Waals surface area contributed by atoms with Gasteiger partial charge < -0.3 is 5.11 Å². The van der Waals surface area contributed by atoms with Crippen molar-refractivity contribution in [2.24, 2.45) is 11.8 Å². The lowest BCUT2D eigenvalue weighted by Crippen LogP contribution is -2.50. The summed E-state index contributed by atoms with van der Waals surface area (Å²) >= 11 is 0. The summed E-state index contributed by atoms with van der Waals surface area (Å²) in [6.45, 7) is 6.05. The molecule has 0 aliphatic carbocycles. The number of carboxylic acid groups (broad SMARTS) is 1. The standard InChI is InChI=1S/C14H18FNO2/c1-9-5-13(15)4-3-11(9)6-16-7-12(8-16)10(2)14(17)18/h3-5,10,12H,6-8H2,1-2H3,(H,17,18). The molecule has 1 saturated heterocycles. The molecule has 0 amide bonds. The lowest BCUT2D eigenvalue weighted by molar-refractivity contribution is -0.145. The Balaban J connectivity index is 1.88. The van der Waals surface area contributed by atoms with Crippen LogP contribution < -0.4 is 0 Å². The fourth-order valence-corrected chi connectivity index (χ4v) is 2.33. The van der Waals surface area contributed by atoms with Gasteiger partial charge in [0, 0.05) is 19.6 Å². The van der Waals surface area contributed by atoms with Gasteiger partial charge in [-0.05, 0) is 36.1 Å². The van der Waals surface area contributed by atoms with E-state index in [1.165, 1.54) is 12.1 Å². The first-order chi connectivity index (χ1) is 8.47. The summed E-state index contributed by atoms with van der Waals surface area (Å²) < 4.78 is 13.0. The molecule has 0 saturated carbocycles. The minimum absolute atomic E-state index is 0.211. The normalized spacial score (nSPS) is 18.4. The van der Waals surface area contributed by atoms with Crippen molar-refractivity contribution >= 4 is 5.97 Å². The highest BCUT2D eigenvalue weighted by atomic mass is 19.1. The number of benzene rings is 1. The van der Waals surface area contributed by atoms with Gasteiger partial charge in [-0.3, -0.25) is 9.69 Å². The second kappa shape index (κ2) is 5.06. The van der Waals surface area contributed by atoms with Gasteiger partial charge in [0.25, 0.3) is 0 Å². The molecule has 3 nitrogen and oxygen atoms in total. The molecular weight excluding hydrogens is 233 g/mol. The Kier molecular flexibility index (Phi) is 3.66. The van der Waals surface area contributed by atoms with Crippen LogP contribution in [0.5, 0.6) is 0 Å². The summed E-state index contributed by atoms with van der Waals surface area (Å²) in [4.78, 5) is 13.0. The monoisotopic (exact) mass is 251 g/mol. The Morgan fingerprint density at radius 1 is 1.56 bits per heavy atom. The lowest BCUT2D eigenvalue weighted by atomic mass is 9.86. The highest BCUT2D eigenvalue weighted by Gasteiger charge is 2.34. The third-order valence-electron chi connectivity index (χ3n) is 3.78. The van der Waals surface area contributed by atoms with E-state index in [0.717, 1.165) is 30.8 Å². The molecule has 1 aliphatic heterocycles. The number of nitrogens with zero attached hydrogens (tertiary/aromatic N) is 1. The molecule has 4 heteroatoms. The molecule has 1 heterocycles. The molecule has 1 aromatic carbocycles. The maximum Gasteiger partial charge on any atom is 0.306 e. The molecular formula is C14H18FNO2. The molecule has 1 aliphatic rings. The third kappa shape index (κ3) is 2.70. The van der Waals surface area contributed by atoms with Crippen LogP contribution in [0.3, 0.4) is 0 Å². The van der Waals surface area contributed by atoms with Crippen molar-refractivity contribution < 1.29 is 14.3 Å². The molecule has 1 aromatic rings. The van der Waals surface area contributed by atoms with Crippen molar-refractivity contribution in [1.29, 1.82) is 0 Å². The quantitative estimate of drug-likeness (QED) is 0.892. The average Bonchev–Trinajstić information content (AvgIpc) is 2.24. The van der Waals surface area contributed by atoms with E-state index in [4.69, 9.17) is 5.11 Å². The second-order valence-corrected chi connectivity index (χ2v) is 5.15. The number of aryl methyl sites for hydroxylation is 1. The summed E-state index contributed by atoms with van der Waals surface area (Å²) in [7, 11) is 0. The average molecular weight is 251 g/mol. The Hall–Kier alpha value is -1.42. The summed E-state index contributed by atoms with van der Waals surface area (Å²) in [6, 6.07) is 4.81. The highest BCUT2D eigenvalue weighted by Crippen LogP contribution is 2.26. The molecule has 0 aromatic heterocycles. The predicted molar refractivity (Wildman–Crippen MR) is 66.7 cm³/mol. The largest absolute Gasteiger partial charge is 0.481 e. The van der Waals surface area contributed by atoms with Gasteiger partial charge in [-0.15, -0.1) is 0 Å². The molecule has 0 radical (unpaired) electrons. The Bertz CT molecular complexity index is 455. The molecule has 98 valence electrons. The Morgan fingerprint density at radius 3 is 2.78 bits per heavy atom. The van der Waals surface area contributed by atoms with Gasteiger partial charge in [-0.1, -0.05) is 13.0 Å². The Morgan fingerprint density at radius 2 is 2.22 bits per heavy atom. The van der Waals surface area contributed by atoms with Crippen LogP contribution in [0.25, 0.3) is 0 Å². The van der Waals surface area contributed by atoms with E-state index in [1.54, 1.807) is 13.0 Å². The molecule has 0 bridgehead atoms. The van der Waals surface area contributed by atoms with E-state index < -0.39 is 5.97 Å². The van der Waals surface area contributed by atoms with Gasteiger partial charge in [0.1, 0.15) is 5.82 Å². The van der Waals surface area contributed by atoms with Crippen LogP contribution in [-0.4, -0.2) is 29.1 Å². The van der Waals surface area contributed by atoms with E-state index in [2.05, 4.69) is 4.90 Å². The number of hydrogen-bond acceptors (Lipinski definition) is 2. The maximum absolute atomic E-state index is 13.0. The van der Waals surface area contributed by atoms with Crippen LogP contribution in [0.1, 0.15) is 18.1 Å². The number of halogens is 1. The van der Waals surface area contributed by atoms with Crippen LogP contribution >= 0.6 is 0 Å². The van der Waals surface area contributed by atoms with Crippen LogP contribution in [0.4, 0.5) is 4.39 Å². The summed E-state index contributed by atoms with van der Waals surface area (Å²) in [5.41, 5.74) is 2.06. The number of carbonyl (C=O) groups is 1. The van der Waals surface area contributed by atoms with Crippen molar-refractivity contribution in [2.45, 2.75) is 20.4 Å². The van der Waals surface area contributed by atoms with Crippen LogP contribution in [0.15, 0.2) is 18.2 Å². The van der Waals surface area contributed by atoms with E-state index in [-0.39, 0.29) is 17.7 Å². The van der Waals surface area contributed by atoms with Crippen molar-refractivity contribution in [3.8, 4) is 0 Å². The minimum Gasteiger partial charge on any atom is -0.481 e. The van der Waals surface area contributed by atoms with Gasteiger partial charge in [-0.25, -0.2) is 4.39 Å². The third-order valence-corrected chi connectivity index (χ3v) is 3.78. The van der Waals surface area contributed by atoms with E-state index in [1.807, 2.05) is 6.92 Å². The number of hydrogen-bond donors (Lipinski definition) is 1. The topological polar surface area (TPSA) is 40.5 Å². The van der Waals surface area contributed by atoms with Gasteiger partial charge in [0.15, 0.2) is 0 Å². The van der Waals surface area contributed by atoms with Crippen LogP contribution in [0, 0.1) is 24.6 Å². The Labute approximate surface area is 106 Å². The van der Waals surface area contributed by atoms with Crippen molar-refractivity contribution in [3.63, 3.8) is 0 Å². The first-order valence-electron chi connectivity index (χ1n) is 6.17. The van der Waals surface area contributed by atoms with Gasteiger partial charge >= 0.3 is 5.97 Å². The molecule has 1 fully saturated rings. The molecule has 1 unspecified atom stereocenters. The van der Waals surface area contributed by atoms with Gasteiger partial charge in [0.2, 0.25) is 0 Å². The maximum atomic E-state index is 13.0. The van der Waals surface area contributed by atoms with Crippen LogP contribution in [-0.2, 0) is 11.3 Å². The van der Waals surface area contributed by atoms with E-state index in [9.17, 15) is 9.18 Å². The van der Waals surface area contributed by atoms with Crippen molar-refractivity contribution in [3.05, 3.63) is 35.1 Å². The molecule has 0 spiro atoms. The summed E-state index contributed by atoms with van der Waals surface area (Å²) in [6.07, 6.45) is 0. The molecule has 2 rings (SSSR count). The molecule has 18 heavy (non-hydrogen) atoms. The van der Waals surface area contributed by atoms with Gasteiger partial charge in [0.05, 0.1) is 5.92 Å². The lowest BCUT2D eigenvalue weighted by Gasteiger charge is -2.41. The first-order valence-corrected chi connectivity index (χ1v) is 6.17. The fraction of sp³-hybridized carbons (Fsp3) is 0.500. The first kappa shape index (κ1) is 13.0. The summed E-state index contributed by atoms with van der Waals surface area (Å²) in [5.74, 6) is -0.978. The van der Waals surface area contributed by atoms with E-state index in [0.29, 0.717) is 0 Å². The summed E-state index contributed by atoms with van der Waals surface area (Å²) in [5, 5.41) is 8.91. The second-order valence-electron chi connectivity index (χ2n) is 5.15. The highest BCUT2D eigenvalue weighted by molar-refractivity contribution is 5.70. The number of likely N-dealkylation sites (tertiary alicyclic amines) is 1. The van der Waals surface area contributed by atoms with Crippen molar-refractivity contribution in [1.82, 2.24) is 4.90 Å². The fourth-order valence-electron chi connectivity index (χ4n) is 2.33. The zero-order valence-corrected chi connectivity index (χ0v) is 10.7. The predicted octanol–water partition coefficient (Wildman–Crippen LogP) is 2.29. The van der Waals surface area contributed by atoms with Gasteiger partial charge in [-0.2, -0.15) is 0 Å². The minimum atomic E-state index is -0.724. The number of rotatable bonds is 4. The molecule has 1 N–H and O–H groups in total. The SMILES string of the molecule is Cc1cc(F)ccc1CN1CC(C(C)C(=O)O)C1. The number of aliphatic carboxylic acids is 1. The van der Waals surface area contributed by atoms with Crippen LogP contribution in [0.2, 0.25) is 0 Å².